The molecule has 0 radical (unpaired) electrons. The van der Waals surface area contributed by atoms with Gasteiger partial charge in [0, 0.05) is 21.4 Å². The molecule has 0 atom stereocenters. The Morgan fingerprint density at radius 2 is 1.95 bits per heavy atom. The van der Waals surface area contributed by atoms with E-state index in [1.807, 2.05) is 42.1 Å². The van der Waals surface area contributed by atoms with Crippen molar-refractivity contribution in [2.75, 3.05) is 5.75 Å². The fraction of sp³-hybridized carbons (Fsp3) is 0.188. The lowest BCUT2D eigenvalue weighted by atomic mass is 10.0. The predicted molar refractivity (Wildman–Crippen MR) is 90.9 cm³/mol. The van der Waals surface area contributed by atoms with Crippen LogP contribution in [-0.2, 0) is 5.75 Å². The van der Waals surface area contributed by atoms with Crippen LogP contribution in [0.5, 0.6) is 0 Å². The first-order valence-electron chi connectivity index (χ1n) is 6.29. The van der Waals surface area contributed by atoms with Gasteiger partial charge in [0.2, 0.25) is 0 Å². The molecule has 0 aliphatic heterocycles. The maximum atomic E-state index is 12.5. The highest BCUT2D eigenvalue weighted by Crippen LogP contribution is 2.26. The highest BCUT2D eigenvalue weighted by atomic mass is 79.9. The first kappa shape index (κ1) is 15.6. The Morgan fingerprint density at radius 3 is 2.60 bits per heavy atom. The first-order valence-corrected chi connectivity index (χ1v) is 8.61. The van der Waals surface area contributed by atoms with Gasteiger partial charge in [-0.25, -0.2) is 0 Å². The van der Waals surface area contributed by atoms with Gasteiger partial charge in [0.25, 0.3) is 0 Å². The van der Waals surface area contributed by atoms with Crippen LogP contribution < -0.4 is 0 Å². The molecule has 2 rings (SSSR count). The Labute approximate surface area is 136 Å². The summed E-state index contributed by atoms with van der Waals surface area (Å²) in [6.45, 7) is 2.13. The number of rotatable bonds is 5. The summed E-state index contributed by atoms with van der Waals surface area (Å²) in [5.74, 6) is 1.98. The second-order valence-corrected chi connectivity index (χ2v) is 6.80. The minimum atomic E-state index is -0.0582. The summed E-state index contributed by atoms with van der Waals surface area (Å²) in [4.78, 5) is 12.5. The zero-order valence-electron chi connectivity index (χ0n) is 11.0. The molecule has 0 aliphatic carbocycles. The van der Waals surface area contributed by atoms with Gasteiger partial charge < -0.3 is 0 Å². The van der Waals surface area contributed by atoms with E-state index >= 15 is 0 Å². The van der Waals surface area contributed by atoms with Crippen LogP contribution in [0.15, 0.2) is 46.9 Å². The van der Waals surface area contributed by atoms with E-state index in [1.54, 1.807) is 12.1 Å². The molecule has 0 unspecified atom stereocenters. The second-order valence-electron chi connectivity index (χ2n) is 4.26. The van der Waals surface area contributed by atoms with Gasteiger partial charge in [0.1, 0.15) is 0 Å². The number of ketones is 1. The molecule has 0 spiro atoms. The largest absolute Gasteiger partial charge is 0.289 e. The number of halogens is 2. The summed E-state index contributed by atoms with van der Waals surface area (Å²) < 4.78 is 0.816. The van der Waals surface area contributed by atoms with Gasteiger partial charge in [-0.1, -0.05) is 52.7 Å². The number of benzene rings is 2. The second kappa shape index (κ2) is 7.30. The number of hydrogen-bond donors (Lipinski definition) is 0. The Morgan fingerprint density at radius 1 is 1.20 bits per heavy atom. The predicted octanol–water partition coefficient (Wildman–Crippen LogP) is 5.59. The van der Waals surface area contributed by atoms with Crippen molar-refractivity contribution in [2.24, 2.45) is 0 Å². The monoisotopic (exact) mass is 368 g/mol. The number of thioether (sulfide) groups is 1. The molecular weight excluding hydrogens is 356 g/mol. The van der Waals surface area contributed by atoms with Crippen molar-refractivity contribution in [3.63, 3.8) is 0 Å². The summed E-state index contributed by atoms with van der Waals surface area (Å²) >= 11 is 11.4. The first-order chi connectivity index (χ1) is 9.63. The highest BCUT2D eigenvalue weighted by Gasteiger charge is 2.15. The molecule has 0 fully saturated rings. The van der Waals surface area contributed by atoms with Crippen LogP contribution in [0.3, 0.4) is 0 Å². The van der Waals surface area contributed by atoms with Crippen LogP contribution in [-0.4, -0.2) is 11.5 Å². The van der Waals surface area contributed by atoms with Crippen LogP contribution in [0.4, 0.5) is 0 Å². The van der Waals surface area contributed by atoms with E-state index in [0.29, 0.717) is 16.1 Å². The molecule has 0 amide bonds. The number of carbonyl (C=O) groups is 1. The van der Waals surface area contributed by atoms with Crippen molar-refractivity contribution < 1.29 is 4.79 Å². The van der Waals surface area contributed by atoms with Gasteiger partial charge in [-0.3, -0.25) is 4.79 Å². The lowest BCUT2D eigenvalue weighted by Gasteiger charge is -2.08. The fourth-order valence-corrected chi connectivity index (χ4v) is 3.29. The Hall–Kier alpha value is -0.770. The van der Waals surface area contributed by atoms with Crippen LogP contribution in [0.2, 0.25) is 5.02 Å². The Kier molecular flexibility index (Phi) is 5.70. The summed E-state index contributed by atoms with van der Waals surface area (Å²) in [5, 5.41) is 0.481. The Bertz CT molecular complexity index is 628. The average Bonchev–Trinajstić information content (AvgIpc) is 2.45. The third kappa shape index (κ3) is 3.66. The summed E-state index contributed by atoms with van der Waals surface area (Å²) in [6, 6.07) is 13.0. The van der Waals surface area contributed by atoms with Gasteiger partial charge in [-0.15, -0.1) is 0 Å². The lowest BCUT2D eigenvalue weighted by molar-refractivity contribution is 0.103. The van der Waals surface area contributed by atoms with Crippen molar-refractivity contribution in [2.45, 2.75) is 12.7 Å². The summed E-state index contributed by atoms with van der Waals surface area (Å²) in [7, 11) is 0. The van der Waals surface area contributed by atoms with Crippen LogP contribution in [0, 0.1) is 0 Å². The highest BCUT2D eigenvalue weighted by molar-refractivity contribution is 9.10. The minimum Gasteiger partial charge on any atom is -0.289 e. The molecule has 0 bridgehead atoms. The molecule has 2 aromatic carbocycles. The molecule has 1 nitrogen and oxygen atoms in total. The topological polar surface area (TPSA) is 17.1 Å². The zero-order chi connectivity index (χ0) is 14.5. The van der Waals surface area contributed by atoms with E-state index in [9.17, 15) is 4.79 Å². The van der Waals surface area contributed by atoms with Crippen LogP contribution in [0.1, 0.15) is 28.4 Å². The molecule has 0 N–H and O–H groups in total. The molecule has 0 saturated carbocycles. The maximum absolute atomic E-state index is 12.5. The third-order valence-corrected chi connectivity index (χ3v) is 4.80. The van der Waals surface area contributed by atoms with Crippen molar-refractivity contribution in [3.8, 4) is 0 Å². The standard InChI is InChI=1S/C16H14BrClOS/c1-2-20-10-11-7-8-12(14(17)9-11)16(19)13-5-3-4-6-15(13)18/h3-9H,2,10H2,1H3. The van der Waals surface area contributed by atoms with E-state index in [2.05, 4.69) is 22.9 Å². The maximum Gasteiger partial charge on any atom is 0.195 e. The molecule has 2 aromatic rings. The van der Waals surface area contributed by atoms with E-state index < -0.39 is 0 Å². The smallest absolute Gasteiger partial charge is 0.195 e. The van der Waals surface area contributed by atoms with Crippen LogP contribution >= 0.6 is 39.3 Å². The minimum absolute atomic E-state index is 0.0582. The van der Waals surface area contributed by atoms with Crippen molar-refractivity contribution in [1.82, 2.24) is 0 Å². The zero-order valence-corrected chi connectivity index (χ0v) is 14.2. The SMILES string of the molecule is CCSCc1ccc(C(=O)c2ccccc2Cl)c(Br)c1. The molecule has 0 heterocycles. The van der Waals surface area contributed by atoms with Crippen molar-refractivity contribution >= 4 is 45.1 Å². The number of hydrogen-bond acceptors (Lipinski definition) is 2. The van der Waals surface area contributed by atoms with Crippen LogP contribution in [0.25, 0.3) is 0 Å². The normalized spacial score (nSPS) is 10.6. The summed E-state index contributed by atoms with van der Waals surface area (Å²) in [6.07, 6.45) is 0. The van der Waals surface area contributed by atoms with Gasteiger partial charge in [0.05, 0.1) is 5.02 Å². The van der Waals surface area contributed by atoms with Gasteiger partial charge in [0.15, 0.2) is 5.78 Å². The van der Waals surface area contributed by atoms with Gasteiger partial charge in [-0.2, -0.15) is 11.8 Å². The van der Waals surface area contributed by atoms with Crippen molar-refractivity contribution in [3.05, 3.63) is 68.7 Å². The molecule has 0 aliphatic rings. The van der Waals surface area contributed by atoms with Gasteiger partial charge >= 0.3 is 0 Å². The lowest BCUT2D eigenvalue weighted by Crippen LogP contribution is -2.03. The van der Waals surface area contributed by atoms with E-state index in [0.717, 1.165) is 16.0 Å². The Balaban J connectivity index is 2.29. The van der Waals surface area contributed by atoms with Crippen molar-refractivity contribution in [1.29, 1.82) is 0 Å². The third-order valence-electron chi connectivity index (χ3n) is 2.87. The van der Waals surface area contributed by atoms with E-state index in [4.69, 9.17) is 11.6 Å². The van der Waals surface area contributed by atoms with E-state index in [-0.39, 0.29) is 5.78 Å². The molecule has 20 heavy (non-hydrogen) atoms. The molecular formula is C16H14BrClOS. The average molecular weight is 370 g/mol. The molecule has 0 saturated heterocycles. The molecule has 4 heteroatoms. The van der Waals surface area contributed by atoms with Gasteiger partial charge in [-0.05, 0) is 35.6 Å². The van der Waals surface area contributed by atoms with E-state index in [1.165, 1.54) is 5.56 Å². The summed E-state index contributed by atoms with van der Waals surface area (Å²) in [5.41, 5.74) is 2.38. The fourth-order valence-electron chi connectivity index (χ4n) is 1.84. The number of carbonyl (C=O) groups excluding carboxylic acids is 1. The molecule has 104 valence electrons. The molecule has 0 aromatic heterocycles. The quantitative estimate of drug-likeness (QED) is 0.639.